The van der Waals surface area contributed by atoms with Crippen LogP contribution in [0.1, 0.15) is 49.3 Å². The van der Waals surface area contributed by atoms with Gasteiger partial charge in [0.15, 0.2) is 11.9 Å². The zero-order valence-corrected chi connectivity index (χ0v) is 29.1. The molecule has 4 atom stereocenters. The second-order valence-electron chi connectivity index (χ2n) is 13.4. The Bertz CT molecular complexity index is 1500. The van der Waals surface area contributed by atoms with Crippen LogP contribution in [0, 0.1) is 5.41 Å². The molecule has 0 aromatic heterocycles. The summed E-state index contributed by atoms with van der Waals surface area (Å²) in [6, 6.07) is 28.6. The summed E-state index contributed by atoms with van der Waals surface area (Å²) in [4.78, 5) is 14.5. The predicted molar refractivity (Wildman–Crippen MR) is 196 cm³/mol. The van der Waals surface area contributed by atoms with E-state index in [1.165, 1.54) is 24.0 Å². The summed E-state index contributed by atoms with van der Waals surface area (Å²) in [5.74, 6) is 1.34. The van der Waals surface area contributed by atoms with Crippen molar-refractivity contribution in [1.82, 2.24) is 19.6 Å². The Morgan fingerprint density at radius 2 is 1.57 bits per heavy atom. The van der Waals surface area contributed by atoms with E-state index in [0.29, 0.717) is 34.0 Å². The average molecular weight is 675 g/mol. The minimum absolute atomic E-state index is 0.237. The fraction of sp³-hybridized carbons (Fsp3) is 0.474. The molecule has 0 saturated carbocycles. The van der Waals surface area contributed by atoms with Gasteiger partial charge in [0.05, 0.1) is 28.7 Å². The van der Waals surface area contributed by atoms with Crippen molar-refractivity contribution in [3.63, 3.8) is 0 Å². The fourth-order valence-corrected chi connectivity index (χ4v) is 8.08. The number of halogens is 2. The molecule has 0 amide bonds. The number of hydrogen-bond donors (Lipinski definition) is 2. The Labute approximate surface area is 290 Å². The maximum Gasteiger partial charge on any atom is 0.194 e. The number of likely N-dealkylation sites (tertiary alicyclic amines) is 1. The molecule has 0 spiro atoms. The lowest BCUT2D eigenvalue weighted by Crippen LogP contribution is -2.52. The Kier molecular flexibility index (Phi) is 11.3. The van der Waals surface area contributed by atoms with E-state index in [1.54, 1.807) is 0 Å². The molecule has 7 nitrogen and oxygen atoms in total. The van der Waals surface area contributed by atoms with Gasteiger partial charge in [-0.25, -0.2) is 0 Å². The van der Waals surface area contributed by atoms with Crippen LogP contribution in [-0.4, -0.2) is 95.0 Å². The Morgan fingerprint density at radius 1 is 0.872 bits per heavy atom. The van der Waals surface area contributed by atoms with Crippen molar-refractivity contribution < 1.29 is 0 Å². The number of benzene rings is 3. The Balaban J connectivity index is 1.15. The third kappa shape index (κ3) is 8.25. The predicted octanol–water partition coefficient (Wildman–Crippen LogP) is 6.57. The van der Waals surface area contributed by atoms with Gasteiger partial charge >= 0.3 is 0 Å². The first-order chi connectivity index (χ1) is 22.9. The van der Waals surface area contributed by atoms with Crippen molar-refractivity contribution >= 4 is 35.1 Å². The van der Waals surface area contributed by atoms with E-state index in [4.69, 9.17) is 28.9 Å². The molecule has 3 aromatic rings. The smallest absolute Gasteiger partial charge is 0.194 e. The molecule has 9 heteroatoms. The molecule has 0 aliphatic carbocycles. The molecular weight excluding hydrogens is 625 g/mol. The van der Waals surface area contributed by atoms with Crippen LogP contribution in [0.25, 0.3) is 0 Å². The molecule has 250 valence electrons. The SMILES string of the molecule is CCC[C@@H](CN1CCC[C@H]1CN1C(N)=NC[C@@H]1Cc1ccccc1)N1C[C@@H](Cc2ccccc2)N(CCc2ccc(Cl)c(Cl)c2)C1=N. The molecule has 6 rings (SSSR count). The van der Waals surface area contributed by atoms with E-state index < -0.39 is 0 Å². The summed E-state index contributed by atoms with van der Waals surface area (Å²) in [5.41, 5.74) is 10.3. The first kappa shape index (κ1) is 33.6. The zero-order valence-electron chi connectivity index (χ0n) is 27.6. The van der Waals surface area contributed by atoms with Crippen LogP contribution in [0.4, 0.5) is 0 Å². The normalized spacial score (nSPS) is 22.4. The minimum atomic E-state index is 0.237. The summed E-state index contributed by atoms with van der Waals surface area (Å²) >= 11 is 12.6. The highest BCUT2D eigenvalue weighted by molar-refractivity contribution is 6.42. The van der Waals surface area contributed by atoms with E-state index in [1.807, 2.05) is 18.2 Å². The van der Waals surface area contributed by atoms with Crippen molar-refractivity contribution in [3.8, 4) is 0 Å². The zero-order chi connectivity index (χ0) is 32.8. The largest absolute Gasteiger partial charge is 0.370 e. The van der Waals surface area contributed by atoms with Gasteiger partial charge < -0.3 is 20.4 Å². The molecule has 3 heterocycles. The van der Waals surface area contributed by atoms with Gasteiger partial charge in [0.1, 0.15) is 0 Å². The van der Waals surface area contributed by atoms with E-state index in [0.717, 1.165) is 76.9 Å². The van der Waals surface area contributed by atoms with E-state index >= 15 is 0 Å². The van der Waals surface area contributed by atoms with Gasteiger partial charge in [-0.3, -0.25) is 15.3 Å². The third-order valence-corrected chi connectivity index (χ3v) is 11.0. The highest BCUT2D eigenvalue weighted by Gasteiger charge is 2.40. The van der Waals surface area contributed by atoms with Gasteiger partial charge in [-0.05, 0) is 73.9 Å². The van der Waals surface area contributed by atoms with Crippen LogP contribution in [-0.2, 0) is 19.3 Å². The molecule has 3 aliphatic rings. The Hall–Kier alpha value is -3.26. The van der Waals surface area contributed by atoms with Crippen LogP contribution in [0.15, 0.2) is 83.9 Å². The maximum atomic E-state index is 9.52. The molecule has 3 aromatic carbocycles. The highest BCUT2D eigenvalue weighted by atomic mass is 35.5. The number of guanidine groups is 2. The molecule has 0 unspecified atom stereocenters. The van der Waals surface area contributed by atoms with Gasteiger partial charge in [0.2, 0.25) is 0 Å². The van der Waals surface area contributed by atoms with Crippen molar-refractivity contribution in [2.24, 2.45) is 10.7 Å². The number of rotatable bonds is 14. The maximum absolute atomic E-state index is 9.52. The van der Waals surface area contributed by atoms with Gasteiger partial charge in [-0.2, -0.15) is 0 Å². The quantitative estimate of drug-likeness (QED) is 0.202. The number of nitrogens with one attached hydrogen (secondary N) is 1. The molecule has 2 fully saturated rings. The second-order valence-corrected chi connectivity index (χ2v) is 14.3. The number of aliphatic imine (C=N–C) groups is 1. The molecule has 3 N–H and O–H groups in total. The summed E-state index contributed by atoms with van der Waals surface area (Å²) < 4.78 is 0. The lowest BCUT2D eigenvalue weighted by Gasteiger charge is -2.37. The average Bonchev–Trinajstić information content (AvgIpc) is 3.76. The fourth-order valence-electron chi connectivity index (χ4n) is 7.76. The monoisotopic (exact) mass is 673 g/mol. The summed E-state index contributed by atoms with van der Waals surface area (Å²) in [5, 5.41) is 10.7. The highest BCUT2D eigenvalue weighted by Crippen LogP contribution is 2.29. The first-order valence-electron chi connectivity index (χ1n) is 17.3. The van der Waals surface area contributed by atoms with Crippen LogP contribution in [0.5, 0.6) is 0 Å². The lowest BCUT2D eigenvalue weighted by molar-refractivity contribution is 0.153. The van der Waals surface area contributed by atoms with Crippen LogP contribution in [0.2, 0.25) is 10.0 Å². The second kappa shape index (κ2) is 15.8. The summed E-state index contributed by atoms with van der Waals surface area (Å²) in [6.45, 7) is 7.64. The molecule has 47 heavy (non-hydrogen) atoms. The number of hydrogen-bond acceptors (Lipinski definition) is 5. The lowest BCUT2D eigenvalue weighted by atomic mass is 10.0. The van der Waals surface area contributed by atoms with E-state index in [9.17, 15) is 5.41 Å². The molecule has 0 bridgehead atoms. The minimum Gasteiger partial charge on any atom is -0.370 e. The molecule has 0 radical (unpaired) electrons. The van der Waals surface area contributed by atoms with Crippen molar-refractivity contribution in [3.05, 3.63) is 106 Å². The number of nitrogens with zero attached hydrogens (tertiary/aromatic N) is 5. The van der Waals surface area contributed by atoms with E-state index in [2.05, 4.69) is 92.2 Å². The molecular formula is C38H49Cl2N7. The summed E-state index contributed by atoms with van der Waals surface area (Å²) in [6.07, 6.45) is 7.21. The Morgan fingerprint density at radius 3 is 2.26 bits per heavy atom. The van der Waals surface area contributed by atoms with E-state index in [-0.39, 0.29) is 12.1 Å². The van der Waals surface area contributed by atoms with Crippen LogP contribution >= 0.6 is 23.2 Å². The summed E-state index contributed by atoms with van der Waals surface area (Å²) in [7, 11) is 0. The third-order valence-electron chi connectivity index (χ3n) is 10.3. The topological polar surface area (TPSA) is 75.2 Å². The standard InChI is InChI=1S/C38H49Cl2N7/c1-2-10-32(25-44-19-9-15-31(44)26-46-33(24-43-37(46)41)21-28-11-5-3-6-12-28)47-27-34(22-29-13-7-4-8-14-29)45(38(47)42)20-18-30-16-17-35(39)36(40)23-30/h3-8,11-14,16-17,23,31-34,42H,2,9-10,15,18-22,24-27H2,1H3,(H2,41,43)/t31-,32-,33-,34+/m0/s1. The van der Waals surface area contributed by atoms with Gasteiger partial charge in [0.25, 0.3) is 0 Å². The first-order valence-corrected chi connectivity index (χ1v) is 18.1. The van der Waals surface area contributed by atoms with Crippen LogP contribution in [0.3, 0.4) is 0 Å². The van der Waals surface area contributed by atoms with Gasteiger partial charge in [-0.1, -0.05) is 103 Å². The van der Waals surface area contributed by atoms with Crippen LogP contribution < -0.4 is 5.73 Å². The van der Waals surface area contributed by atoms with Gasteiger partial charge in [-0.15, -0.1) is 0 Å². The molecule has 3 aliphatic heterocycles. The molecule has 2 saturated heterocycles. The number of nitrogens with two attached hydrogens (primary N) is 1. The van der Waals surface area contributed by atoms with Crippen molar-refractivity contribution in [1.29, 1.82) is 5.41 Å². The van der Waals surface area contributed by atoms with Crippen molar-refractivity contribution in [2.75, 3.05) is 39.3 Å². The van der Waals surface area contributed by atoms with Crippen molar-refractivity contribution in [2.45, 2.75) is 76.0 Å². The van der Waals surface area contributed by atoms with Gasteiger partial charge in [0, 0.05) is 38.3 Å².